The number of hydrogen-bond donors (Lipinski definition) is 0. The number of hydrogen-bond acceptors (Lipinski definition) is 1. The molecule has 0 unspecified atom stereocenters. The molecule has 0 fully saturated rings. The summed E-state index contributed by atoms with van der Waals surface area (Å²) in [4.78, 5) is 3.65. The van der Waals surface area contributed by atoms with E-state index < -0.39 is 0 Å². The molecule has 1 nitrogen and oxygen atoms in total. The van der Waals surface area contributed by atoms with Gasteiger partial charge in [0.2, 0.25) is 0 Å². The van der Waals surface area contributed by atoms with Crippen molar-refractivity contribution in [2.24, 2.45) is 4.99 Å². The number of aliphatic imine (C=N–C) groups is 1. The minimum atomic E-state index is 0.847. The Morgan fingerprint density at radius 2 is 2.43 bits per heavy atom. The van der Waals surface area contributed by atoms with Gasteiger partial charge >= 0.3 is 27.0 Å². The summed E-state index contributed by atoms with van der Waals surface area (Å²) in [5, 5.41) is 0. The van der Waals surface area contributed by atoms with Gasteiger partial charge < -0.3 is 4.99 Å². The molecule has 0 aliphatic carbocycles. The third-order valence-corrected chi connectivity index (χ3v) is 0.480. The molecule has 1 aliphatic heterocycles. The Morgan fingerprint density at radius 1 is 1.71 bits per heavy atom. The molecule has 7 heavy (non-hydrogen) atoms. The Hall–Kier alpha value is 0.323. The summed E-state index contributed by atoms with van der Waals surface area (Å²) >= 11 is 0.847. The SMILES string of the molecule is [C-]1=CCC=N1.[Cl][Zn+]. The van der Waals surface area contributed by atoms with Crippen LogP contribution in [0.3, 0.4) is 0 Å². The molecular weight excluding hydrogens is 163 g/mol. The van der Waals surface area contributed by atoms with Crippen molar-refractivity contribution in [1.29, 1.82) is 0 Å². The molecular formula is C4H4ClNZn. The quantitative estimate of drug-likeness (QED) is 0.382. The molecule has 0 radical (unpaired) electrons. The molecule has 0 saturated heterocycles. The van der Waals surface area contributed by atoms with E-state index >= 15 is 0 Å². The zero-order valence-corrected chi connectivity index (χ0v) is 7.62. The average Bonchev–Trinajstić information content (AvgIpc) is 2.23. The third-order valence-electron chi connectivity index (χ3n) is 0.480. The first kappa shape index (κ1) is 7.32. The predicted molar refractivity (Wildman–Crippen MR) is 26.8 cm³/mol. The molecule has 0 atom stereocenters. The summed E-state index contributed by atoms with van der Waals surface area (Å²) in [7, 11) is 4.76. The van der Waals surface area contributed by atoms with Crippen molar-refractivity contribution >= 4 is 15.9 Å². The maximum atomic E-state index is 4.76. The van der Waals surface area contributed by atoms with Crippen molar-refractivity contribution in [3.8, 4) is 0 Å². The first-order valence-corrected chi connectivity index (χ1v) is 5.75. The summed E-state index contributed by atoms with van der Waals surface area (Å²) in [5.41, 5.74) is 0. The van der Waals surface area contributed by atoms with E-state index in [-0.39, 0.29) is 0 Å². The fraction of sp³-hybridized carbons (Fsp3) is 0.250. The molecule has 0 spiro atoms. The molecule has 1 heterocycles. The van der Waals surface area contributed by atoms with E-state index in [0.29, 0.717) is 0 Å². The van der Waals surface area contributed by atoms with Crippen LogP contribution in [0.25, 0.3) is 0 Å². The zero-order chi connectivity index (χ0) is 5.54. The van der Waals surface area contributed by atoms with Crippen LogP contribution in [0.2, 0.25) is 0 Å². The monoisotopic (exact) mass is 165 g/mol. The Labute approximate surface area is 57.2 Å². The van der Waals surface area contributed by atoms with Crippen molar-refractivity contribution in [1.82, 2.24) is 0 Å². The molecule has 34 valence electrons. The molecule has 0 N–H and O–H groups in total. The van der Waals surface area contributed by atoms with Gasteiger partial charge in [-0.25, -0.2) is 0 Å². The maximum absolute atomic E-state index is 4.76. The van der Waals surface area contributed by atoms with Crippen molar-refractivity contribution in [3.63, 3.8) is 0 Å². The second kappa shape index (κ2) is 6.32. The summed E-state index contributed by atoms with van der Waals surface area (Å²) in [6.45, 7) is 0. The molecule has 1 aliphatic rings. The Bertz CT molecular complexity index is 69.8. The number of halogens is 1. The fourth-order valence-electron chi connectivity index (χ4n) is 0.264. The normalized spacial score (nSPS) is 13.6. The zero-order valence-electron chi connectivity index (χ0n) is 3.89. The molecule has 0 amide bonds. The van der Waals surface area contributed by atoms with Crippen LogP contribution in [-0.2, 0) is 17.3 Å². The van der Waals surface area contributed by atoms with Gasteiger partial charge in [-0.2, -0.15) is 12.3 Å². The van der Waals surface area contributed by atoms with Crippen LogP contribution in [0.1, 0.15) is 6.42 Å². The van der Waals surface area contributed by atoms with Crippen LogP contribution in [0.4, 0.5) is 0 Å². The van der Waals surface area contributed by atoms with Crippen molar-refractivity contribution in [3.05, 3.63) is 12.3 Å². The summed E-state index contributed by atoms with van der Waals surface area (Å²) in [6, 6.07) is 0. The molecule has 0 aromatic heterocycles. The van der Waals surface area contributed by atoms with Crippen LogP contribution in [0.15, 0.2) is 11.1 Å². The summed E-state index contributed by atoms with van der Waals surface area (Å²) in [6.07, 6.45) is 7.35. The second-order valence-corrected chi connectivity index (χ2v) is 0.881. The van der Waals surface area contributed by atoms with Crippen molar-refractivity contribution in [2.45, 2.75) is 6.42 Å². The first-order chi connectivity index (χ1) is 3.50. The van der Waals surface area contributed by atoms with E-state index in [4.69, 9.17) is 9.69 Å². The van der Waals surface area contributed by atoms with E-state index in [0.717, 1.165) is 23.7 Å². The minimum absolute atomic E-state index is 0.847. The van der Waals surface area contributed by atoms with E-state index in [1.54, 1.807) is 0 Å². The molecule has 0 aromatic carbocycles. The first-order valence-electron chi connectivity index (χ1n) is 1.85. The summed E-state index contributed by atoms with van der Waals surface area (Å²) in [5.74, 6) is 0. The van der Waals surface area contributed by atoms with Gasteiger partial charge in [0.25, 0.3) is 0 Å². The summed E-state index contributed by atoms with van der Waals surface area (Å²) < 4.78 is 0. The fourth-order valence-corrected chi connectivity index (χ4v) is 0.264. The van der Waals surface area contributed by atoms with Gasteiger partial charge in [0.1, 0.15) is 0 Å². The molecule has 0 saturated carbocycles. The predicted octanol–water partition coefficient (Wildman–Crippen LogP) is 1.46. The Kier molecular flexibility index (Phi) is 6.62. The van der Waals surface area contributed by atoms with Crippen molar-refractivity contribution < 1.29 is 17.3 Å². The van der Waals surface area contributed by atoms with Gasteiger partial charge in [-0.3, -0.25) is 0 Å². The van der Waals surface area contributed by atoms with Gasteiger partial charge in [-0.1, -0.05) is 6.42 Å². The Balaban J connectivity index is 0.000000162. The number of rotatable bonds is 0. The molecule has 0 bridgehead atoms. The average molecular weight is 167 g/mol. The standard InChI is InChI=1S/C4H4N.ClH.Zn/c1-2-4-5-3-1;;/h1,4H,2H2;1H;/q-1;;+2/p-1. The number of nitrogens with zero attached hydrogens (tertiary/aromatic N) is 1. The van der Waals surface area contributed by atoms with Crippen LogP contribution in [0, 0.1) is 6.20 Å². The van der Waals surface area contributed by atoms with Crippen LogP contribution in [0.5, 0.6) is 0 Å². The molecule has 3 heteroatoms. The van der Waals surface area contributed by atoms with Crippen LogP contribution < -0.4 is 0 Å². The Morgan fingerprint density at radius 3 is 2.57 bits per heavy atom. The second-order valence-electron chi connectivity index (χ2n) is 0.881. The molecule has 0 aromatic rings. The van der Waals surface area contributed by atoms with Gasteiger partial charge in [-0.15, -0.1) is 6.21 Å². The van der Waals surface area contributed by atoms with E-state index in [1.807, 2.05) is 12.3 Å². The van der Waals surface area contributed by atoms with Crippen LogP contribution >= 0.6 is 9.69 Å². The van der Waals surface area contributed by atoms with Crippen molar-refractivity contribution in [2.75, 3.05) is 0 Å². The van der Waals surface area contributed by atoms with Gasteiger partial charge in [0.05, 0.1) is 0 Å². The topological polar surface area (TPSA) is 12.4 Å². The number of allylic oxidation sites excluding steroid dienone is 1. The van der Waals surface area contributed by atoms with Gasteiger partial charge in [0, 0.05) is 0 Å². The molecule has 1 rings (SSSR count). The van der Waals surface area contributed by atoms with Gasteiger partial charge in [-0.05, 0) is 0 Å². The van der Waals surface area contributed by atoms with E-state index in [9.17, 15) is 0 Å². The third kappa shape index (κ3) is 4.17. The van der Waals surface area contributed by atoms with Crippen LogP contribution in [-0.4, -0.2) is 6.21 Å². The van der Waals surface area contributed by atoms with E-state index in [2.05, 4.69) is 11.2 Å². The van der Waals surface area contributed by atoms with Gasteiger partial charge in [0.15, 0.2) is 0 Å². The van der Waals surface area contributed by atoms with E-state index in [1.165, 1.54) is 0 Å².